The van der Waals surface area contributed by atoms with Gasteiger partial charge in [-0.1, -0.05) is 6.92 Å². The molecule has 64 valence electrons. The molecule has 1 aromatic heterocycles. The second-order valence-corrected chi connectivity index (χ2v) is 2.68. The van der Waals surface area contributed by atoms with E-state index in [2.05, 4.69) is 4.98 Å². The molecule has 1 atom stereocenters. The van der Waals surface area contributed by atoms with Gasteiger partial charge in [0.05, 0.1) is 0 Å². The highest BCUT2D eigenvalue weighted by Crippen LogP contribution is 2.12. The molecule has 0 spiro atoms. The molecule has 0 amide bonds. The van der Waals surface area contributed by atoms with Crippen LogP contribution in [0.1, 0.15) is 35.3 Å². The van der Waals surface area contributed by atoms with E-state index < -0.39 is 0 Å². The average Bonchev–Trinajstić information content (AvgIpc) is 2.17. The number of aldehydes is 1. The monoisotopic (exact) mass is 164 g/mol. The van der Waals surface area contributed by atoms with Crippen molar-refractivity contribution in [2.24, 2.45) is 5.73 Å². The fraction of sp³-hybridized carbons (Fsp3) is 0.333. The zero-order valence-corrected chi connectivity index (χ0v) is 7.03. The third-order valence-electron chi connectivity index (χ3n) is 1.78. The van der Waals surface area contributed by atoms with Gasteiger partial charge in [0.2, 0.25) is 0 Å². The first-order valence-electron chi connectivity index (χ1n) is 3.93. The fourth-order valence-corrected chi connectivity index (χ4v) is 0.979. The van der Waals surface area contributed by atoms with Crippen LogP contribution >= 0.6 is 0 Å². The number of carbonyl (C=O) groups excluding carboxylic acids is 1. The molecule has 2 N–H and O–H groups in total. The van der Waals surface area contributed by atoms with Crippen LogP contribution in [-0.4, -0.2) is 11.3 Å². The Morgan fingerprint density at radius 3 is 3.00 bits per heavy atom. The Hall–Kier alpha value is -1.22. The highest BCUT2D eigenvalue weighted by Gasteiger charge is 2.03. The topological polar surface area (TPSA) is 56.0 Å². The van der Waals surface area contributed by atoms with Crippen LogP contribution in [0.4, 0.5) is 0 Å². The van der Waals surface area contributed by atoms with Gasteiger partial charge in [-0.05, 0) is 18.1 Å². The maximum atomic E-state index is 10.4. The second kappa shape index (κ2) is 3.97. The summed E-state index contributed by atoms with van der Waals surface area (Å²) < 4.78 is 0. The van der Waals surface area contributed by atoms with Crippen molar-refractivity contribution in [3.05, 3.63) is 29.6 Å². The molecule has 1 heterocycles. The van der Waals surface area contributed by atoms with Crippen molar-refractivity contribution in [2.75, 3.05) is 0 Å². The van der Waals surface area contributed by atoms with Crippen LogP contribution < -0.4 is 5.73 Å². The Kier molecular flexibility index (Phi) is 2.94. The van der Waals surface area contributed by atoms with Gasteiger partial charge >= 0.3 is 0 Å². The molecule has 0 aliphatic carbocycles. The summed E-state index contributed by atoms with van der Waals surface area (Å²) in [7, 11) is 0. The van der Waals surface area contributed by atoms with E-state index in [1.165, 1.54) is 6.20 Å². The molecule has 3 heteroatoms. The summed E-state index contributed by atoms with van der Waals surface area (Å²) >= 11 is 0. The van der Waals surface area contributed by atoms with E-state index in [1.54, 1.807) is 12.3 Å². The molecule has 0 bridgehead atoms. The van der Waals surface area contributed by atoms with E-state index in [1.807, 2.05) is 6.92 Å². The van der Waals surface area contributed by atoms with Gasteiger partial charge in [-0.15, -0.1) is 0 Å². The number of aromatic nitrogens is 1. The van der Waals surface area contributed by atoms with Gasteiger partial charge in [-0.3, -0.25) is 9.78 Å². The largest absolute Gasteiger partial charge is 0.324 e. The van der Waals surface area contributed by atoms with Crippen molar-refractivity contribution in [3.8, 4) is 0 Å². The number of pyridine rings is 1. The molecule has 0 aliphatic heterocycles. The van der Waals surface area contributed by atoms with Crippen molar-refractivity contribution in [1.82, 2.24) is 4.98 Å². The highest BCUT2D eigenvalue weighted by molar-refractivity contribution is 5.74. The van der Waals surface area contributed by atoms with E-state index in [4.69, 9.17) is 5.73 Å². The van der Waals surface area contributed by atoms with E-state index in [-0.39, 0.29) is 6.04 Å². The third-order valence-corrected chi connectivity index (χ3v) is 1.78. The summed E-state index contributed by atoms with van der Waals surface area (Å²) in [4.78, 5) is 14.3. The van der Waals surface area contributed by atoms with Crippen LogP contribution in [0.2, 0.25) is 0 Å². The Labute approximate surface area is 71.6 Å². The fourth-order valence-electron chi connectivity index (χ4n) is 0.979. The predicted molar refractivity (Wildman–Crippen MR) is 46.8 cm³/mol. The summed E-state index contributed by atoms with van der Waals surface area (Å²) in [6.07, 6.45) is 4.85. The van der Waals surface area contributed by atoms with Crippen LogP contribution in [0.15, 0.2) is 18.5 Å². The van der Waals surface area contributed by atoms with Gasteiger partial charge < -0.3 is 5.73 Å². The smallest absolute Gasteiger partial charge is 0.151 e. The summed E-state index contributed by atoms with van der Waals surface area (Å²) in [6, 6.07) is 1.76. The van der Waals surface area contributed by atoms with Gasteiger partial charge in [-0.25, -0.2) is 0 Å². The Bertz CT molecular complexity index is 273. The van der Waals surface area contributed by atoms with Gasteiger partial charge in [0.15, 0.2) is 6.29 Å². The molecule has 0 saturated heterocycles. The molecule has 0 saturated carbocycles. The number of hydrogen-bond donors (Lipinski definition) is 1. The molecule has 1 rings (SSSR count). The Morgan fingerprint density at radius 1 is 1.67 bits per heavy atom. The maximum absolute atomic E-state index is 10.4. The SMILES string of the molecule is CC[C@H](N)c1cncc(C=O)c1. The van der Waals surface area contributed by atoms with Gasteiger partial charge in [0, 0.05) is 24.0 Å². The van der Waals surface area contributed by atoms with Crippen LogP contribution in [0, 0.1) is 0 Å². The summed E-state index contributed by atoms with van der Waals surface area (Å²) in [5.41, 5.74) is 7.26. The van der Waals surface area contributed by atoms with Gasteiger partial charge in [-0.2, -0.15) is 0 Å². The van der Waals surface area contributed by atoms with Crippen molar-refractivity contribution in [1.29, 1.82) is 0 Å². The molecular weight excluding hydrogens is 152 g/mol. The first-order valence-corrected chi connectivity index (χ1v) is 3.93. The minimum absolute atomic E-state index is 0.0163. The molecule has 12 heavy (non-hydrogen) atoms. The molecule has 0 aromatic carbocycles. The Balaban J connectivity index is 2.93. The normalized spacial score (nSPS) is 12.5. The van der Waals surface area contributed by atoms with E-state index >= 15 is 0 Å². The summed E-state index contributed by atoms with van der Waals surface area (Å²) in [5.74, 6) is 0. The molecule has 3 nitrogen and oxygen atoms in total. The Morgan fingerprint density at radius 2 is 2.42 bits per heavy atom. The van der Waals surface area contributed by atoms with Crippen molar-refractivity contribution in [2.45, 2.75) is 19.4 Å². The quantitative estimate of drug-likeness (QED) is 0.685. The number of nitrogens with zero attached hydrogens (tertiary/aromatic N) is 1. The summed E-state index contributed by atoms with van der Waals surface area (Å²) in [6.45, 7) is 2.00. The number of carbonyl (C=O) groups is 1. The zero-order valence-electron chi connectivity index (χ0n) is 7.03. The van der Waals surface area contributed by atoms with Crippen molar-refractivity contribution < 1.29 is 4.79 Å². The van der Waals surface area contributed by atoms with Crippen LogP contribution in [0.5, 0.6) is 0 Å². The van der Waals surface area contributed by atoms with Gasteiger partial charge in [0.1, 0.15) is 0 Å². The standard InChI is InChI=1S/C9H12N2O/c1-2-9(10)8-3-7(6-12)4-11-5-8/h3-6,9H,2,10H2,1H3/t9-/m0/s1. The number of hydrogen-bond acceptors (Lipinski definition) is 3. The van der Waals surface area contributed by atoms with E-state index in [0.717, 1.165) is 18.3 Å². The van der Waals surface area contributed by atoms with Gasteiger partial charge in [0.25, 0.3) is 0 Å². The molecule has 0 fully saturated rings. The van der Waals surface area contributed by atoms with Crippen molar-refractivity contribution >= 4 is 6.29 Å². The highest BCUT2D eigenvalue weighted by atomic mass is 16.1. The molecule has 1 aromatic rings. The lowest BCUT2D eigenvalue weighted by atomic mass is 10.1. The average molecular weight is 164 g/mol. The minimum atomic E-state index is -0.0163. The first-order chi connectivity index (χ1) is 5.77. The molecule has 0 radical (unpaired) electrons. The van der Waals surface area contributed by atoms with Crippen LogP contribution in [0.3, 0.4) is 0 Å². The zero-order chi connectivity index (χ0) is 8.97. The first kappa shape index (κ1) is 8.87. The van der Waals surface area contributed by atoms with E-state index in [0.29, 0.717) is 5.56 Å². The lowest BCUT2D eigenvalue weighted by Crippen LogP contribution is -2.09. The number of nitrogens with two attached hydrogens (primary N) is 1. The van der Waals surface area contributed by atoms with E-state index in [9.17, 15) is 4.79 Å². The second-order valence-electron chi connectivity index (χ2n) is 2.68. The molecule has 0 unspecified atom stereocenters. The maximum Gasteiger partial charge on any atom is 0.151 e. The summed E-state index contributed by atoms with van der Waals surface area (Å²) in [5, 5.41) is 0. The predicted octanol–water partition coefficient (Wildman–Crippen LogP) is 1.30. The lowest BCUT2D eigenvalue weighted by molar-refractivity contribution is 0.112. The number of rotatable bonds is 3. The lowest BCUT2D eigenvalue weighted by Gasteiger charge is -2.07. The van der Waals surface area contributed by atoms with Crippen molar-refractivity contribution in [3.63, 3.8) is 0 Å². The minimum Gasteiger partial charge on any atom is -0.324 e. The molecule has 0 aliphatic rings. The van der Waals surface area contributed by atoms with Crippen LogP contribution in [-0.2, 0) is 0 Å². The van der Waals surface area contributed by atoms with Crippen LogP contribution in [0.25, 0.3) is 0 Å². The molecular formula is C9H12N2O. The third kappa shape index (κ3) is 1.89.